The number of rotatable bonds is 6. The summed E-state index contributed by atoms with van der Waals surface area (Å²) in [5.41, 5.74) is -0.915. The van der Waals surface area contributed by atoms with Gasteiger partial charge in [-0.3, -0.25) is 10.1 Å². The highest BCUT2D eigenvalue weighted by Gasteiger charge is 2.30. The predicted molar refractivity (Wildman–Crippen MR) is 50.4 cm³/mol. The van der Waals surface area contributed by atoms with E-state index in [4.69, 9.17) is 4.74 Å². The van der Waals surface area contributed by atoms with Crippen LogP contribution >= 0.6 is 0 Å². The van der Waals surface area contributed by atoms with Crippen LogP contribution in [0.1, 0.15) is 20.8 Å². The van der Waals surface area contributed by atoms with Crippen LogP contribution in [0.4, 0.5) is 0 Å². The SMILES string of the molecule is COCC(C)NCC(C)(C)[N+](=O)[O-]. The molecule has 1 atom stereocenters. The summed E-state index contributed by atoms with van der Waals surface area (Å²) < 4.78 is 4.90. The van der Waals surface area contributed by atoms with E-state index in [1.165, 1.54) is 0 Å². The van der Waals surface area contributed by atoms with E-state index in [1.807, 2.05) is 6.92 Å². The second kappa shape index (κ2) is 5.14. The molecule has 0 saturated carbocycles. The van der Waals surface area contributed by atoms with E-state index in [2.05, 4.69) is 5.32 Å². The fraction of sp³-hybridized carbons (Fsp3) is 1.00. The Morgan fingerprint density at radius 3 is 2.54 bits per heavy atom. The predicted octanol–water partition coefficient (Wildman–Crippen LogP) is 0.666. The van der Waals surface area contributed by atoms with Gasteiger partial charge in [0.05, 0.1) is 13.2 Å². The lowest BCUT2D eigenvalue weighted by atomic mass is 10.1. The number of nitro groups is 1. The first-order valence-corrected chi connectivity index (χ1v) is 4.27. The van der Waals surface area contributed by atoms with E-state index in [-0.39, 0.29) is 11.0 Å². The van der Waals surface area contributed by atoms with Gasteiger partial charge in [0.1, 0.15) is 0 Å². The molecule has 0 amide bonds. The van der Waals surface area contributed by atoms with E-state index in [9.17, 15) is 10.1 Å². The van der Waals surface area contributed by atoms with Gasteiger partial charge in [-0.25, -0.2) is 0 Å². The molecule has 0 fully saturated rings. The van der Waals surface area contributed by atoms with Crippen molar-refractivity contribution in [2.24, 2.45) is 0 Å². The Hall–Kier alpha value is -0.680. The quantitative estimate of drug-likeness (QED) is 0.494. The summed E-state index contributed by atoms with van der Waals surface area (Å²) in [4.78, 5) is 10.2. The Balaban J connectivity index is 3.80. The minimum absolute atomic E-state index is 0.143. The zero-order chi connectivity index (χ0) is 10.5. The molecule has 5 heteroatoms. The Bertz CT molecular complexity index is 171. The van der Waals surface area contributed by atoms with E-state index in [1.54, 1.807) is 21.0 Å². The van der Waals surface area contributed by atoms with Crippen LogP contribution < -0.4 is 5.32 Å². The lowest BCUT2D eigenvalue weighted by molar-refractivity contribution is -0.558. The second-order valence-electron chi connectivity index (χ2n) is 3.81. The molecule has 78 valence electrons. The van der Waals surface area contributed by atoms with Crippen molar-refractivity contribution in [3.63, 3.8) is 0 Å². The van der Waals surface area contributed by atoms with Crippen LogP contribution in [0.5, 0.6) is 0 Å². The molecule has 0 aromatic heterocycles. The van der Waals surface area contributed by atoms with Gasteiger partial charge in [-0.15, -0.1) is 0 Å². The van der Waals surface area contributed by atoms with Crippen LogP contribution in [0, 0.1) is 10.1 Å². The van der Waals surface area contributed by atoms with Crippen molar-refractivity contribution >= 4 is 0 Å². The molecule has 0 aliphatic heterocycles. The summed E-state index contributed by atoms with van der Waals surface area (Å²) >= 11 is 0. The molecule has 0 spiro atoms. The molecule has 0 bridgehead atoms. The fourth-order valence-electron chi connectivity index (χ4n) is 0.797. The Kier molecular flexibility index (Phi) is 4.87. The van der Waals surface area contributed by atoms with Gasteiger partial charge in [0, 0.05) is 31.9 Å². The van der Waals surface area contributed by atoms with Gasteiger partial charge in [-0.1, -0.05) is 0 Å². The van der Waals surface area contributed by atoms with Gasteiger partial charge in [-0.05, 0) is 6.92 Å². The highest BCUT2D eigenvalue weighted by atomic mass is 16.6. The maximum atomic E-state index is 10.5. The molecular formula is C8H18N2O3. The lowest BCUT2D eigenvalue weighted by Gasteiger charge is -2.19. The Morgan fingerprint density at radius 1 is 1.62 bits per heavy atom. The Morgan fingerprint density at radius 2 is 2.15 bits per heavy atom. The van der Waals surface area contributed by atoms with Crippen molar-refractivity contribution in [1.29, 1.82) is 0 Å². The maximum absolute atomic E-state index is 10.5. The fourth-order valence-corrected chi connectivity index (χ4v) is 0.797. The highest BCUT2D eigenvalue weighted by molar-refractivity contribution is 4.72. The average Bonchev–Trinajstić information content (AvgIpc) is 2.01. The highest BCUT2D eigenvalue weighted by Crippen LogP contribution is 2.05. The van der Waals surface area contributed by atoms with Crippen LogP contribution in [0.15, 0.2) is 0 Å². The molecule has 0 rings (SSSR count). The van der Waals surface area contributed by atoms with Crippen molar-refractivity contribution in [3.8, 4) is 0 Å². The number of hydrogen-bond donors (Lipinski definition) is 1. The molecule has 0 aliphatic rings. The standard InChI is InChI=1S/C8H18N2O3/c1-7(5-13-4)9-6-8(2,3)10(11)12/h7,9H,5-6H2,1-4H3. The normalized spacial score (nSPS) is 14.2. The van der Waals surface area contributed by atoms with E-state index in [0.29, 0.717) is 13.2 Å². The summed E-state index contributed by atoms with van der Waals surface area (Å²) in [5.74, 6) is 0. The molecule has 13 heavy (non-hydrogen) atoms. The average molecular weight is 190 g/mol. The number of nitrogens with one attached hydrogen (secondary N) is 1. The van der Waals surface area contributed by atoms with Gasteiger partial charge >= 0.3 is 0 Å². The third-order valence-electron chi connectivity index (χ3n) is 1.79. The molecule has 0 aromatic rings. The summed E-state index contributed by atoms with van der Waals surface area (Å²) in [5, 5.41) is 13.6. The zero-order valence-electron chi connectivity index (χ0n) is 8.66. The second-order valence-corrected chi connectivity index (χ2v) is 3.81. The van der Waals surface area contributed by atoms with E-state index < -0.39 is 5.54 Å². The maximum Gasteiger partial charge on any atom is 0.229 e. The van der Waals surface area contributed by atoms with E-state index >= 15 is 0 Å². The zero-order valence-corrected chi connectivity index (χ0v) is 8.66. The summed E-state index contributed by atoms with van der Waals surface area (Å²) in [7, 11) is 1.61. The minimum Gasteiger partial charge on any atom is -0.383 e. The number of nitrogens with zero attached hydrogens (tertiary/aromatic N) is 1. The molecule has 0 radical (unpaired) electrons. The summed E-state index contributed by atoms with van der Waals surface area (Å²) in [6.07, 6.45) is 0. The van der Waals surface area contributed by atoms with Gasteiger partial charge in [-0.2, -0.15) is 0 Å². The molecule has 5 nitrogen and oxygen atoms in total. The lowest BCUT2D eigenvalue weighted by Crippen LogP contribution is -2.45. The molecular weight excluding hydrogens is 172 g/mol. The first-order chi connectivity index (χ1) is 5.90. The monoisotopic (exact) mass is 190 g/mol. The third-order valence-corrected chi connectivity index (χ3v) is 1.79. The summed E-state index contributed by atoms with van der Waals surface area (Å²) in [6, 6.07) is 0.143. The number of hydrogen-bond acceptors (Lipinski definition) is 4. The van der Waals surface area contributed by atoms with Gasteiger partial charge in [0.25, 0.3) is 0 Å². The van der Waals surface area contributed by atoms with Crippen molar-refractivity contribution in [3.05, 3.63) is 10.1 Å². The van der Waals surface area contributed by atoms with Crippen LogP contribution in [-0.2, 0) is 4.74 Å². The molecule has 1 unspecified atom stereocenters. The van der Waals surface area contributed by atoms with Crippen molar-refractivity contribution in [2.45, 2.75) is 32.4 Å². The Labute approximate surface area is 78.6 Å². The topological polar surface area (TPSA) is 64.4 Å². The third kappa shape index (κ3) is 4.80. The van der Waals surface area contributed by atoms with Crippen molar-refractivity contribution in [2.75, 3.05) is 20.3 Å². The largest absolute Gasteiger partial charge is 0.383 e. The van der Waals surface area contributed by atoms with Gasteiger partial charge in [0.2, 0.25) is 5.54 Å². The minimum atomic E-state index is -0.915. The number of ether oxygens (including phenoxy) is 1. The molecule has 0 aromatic carbocycles. The van der Waals surface area contributed by atoms with Crippen LogP contribution in [0.3, 0.4) is 0 Å². The van der Waals surface area contributed by atoms with Crippen LogP contribution in [0.25, 0.3) is 0 Å². The van der Waals surface area contributed by atoms with Crippen LogP contribution in [-0.4, -0.2) is 36.8 Å². The molecule has 0 aliphatic carbocycles. The van der Waals surface area contributed by atoms with Gasteiger partial charge in [0.15, 0.2) is 0 Å². The van der Waals surface area contributed by atoms with Crippen LogP contribution in [0.2, 0.25) is 0 Å². The number of methoxy groups -OCH3 is 1. The molecule has 0 heterocycles. The first-order valence-electron chi connectivity index (χ1n) is 4.27. The van der Waals surface area contributed by atoms with Gasteiger partial charge < -0.3 is 10.1 Å². The molecule has 0 saturated heterocycles. The summed E-state index contributed by atoms with van der Waals surface area (Å²) in [6.45, 7) is 6.04. The first kappa shape index (κ1) is 12.3. The van der Waals surface area contributed by atoms with Crippen molar-refractivity contribution < 1.29 is 9.66 Å². The van der Waals surface area contributed by atoms with E-state index in [0.717, 1.165) is 0 Å². The smallest absolute Gasteiger partial charge is 0.229 e. The van der Waals surface area contributed by atoms with Crippen molar-refractivity contribution in [1.82, 2.24) is 5.32 Å². The molecule has 1 N–H and O–H groups in total.